The first kappa shape index (κ1) is 19.9. The van der Waals surface area contributed by atoms with Gasteiger partial charge in [-0.15, -0.1) is 0 Å². The van der Waals surface area contributed by atoms with Crippen LogP contribution in [0.15, 0.2) is 24.3 Å². The number of hydrogen-bond donors (Lipinski definition) is 0. The van der Waals surface area contributed by atoms with E-state index < -0.39 is 0 Å². The van der Waals surface area contributed by atoms with Gasteiger partial charge in [0, 0.05) is 25.6 Å². The van der Waals surface area contributed by atoms with Crippen LogP contribution in [-0.2, 0) is 4.79 Å². The molecule has 140 valence electrons. The number of carbonyl (C=O) groups is 1. The van der Waals surface area contributed by atoms with Crippen LogP contribution in [0.3, 0.4) is 0 Å². The predicted octanol–water partition coefficient (Wildman–Crippen LogP) is 2.80. The second kappa shape index (κ2) is 9.30. The molecule has 1 aromatic carbocycles. The third-order valence-corrected chi connectivity index (χ3v) is 5.15. The lowest BCUT2D eigenvalue weighted by Gasteiger charge is -2.38. The number of likely N-dealkylation sites (tertiary alicyclic amines) is 1. The van der Waals surface area contributed by atoms with E-state index >= 15 is 0 Å². The normalized spacial score (nSPS) is 17.7. The van der Waals surface area contributed by atoms with Crippen LogP contribution in [0.2, 0.25) is 0 Å². The lowest BCUT2D eigenvalue weighted by atomic mass is 9.95. The summed E-state index contributed by atoms with van der Waals surface area (Å²) in [6, 6.07) is 7.08. The van der Waals surface area contributed by atoms with Gasteiger partial charge in [0.15, 0.2) is 0 Å². The number of nitrogens with zero attached hydrogens (tertiary/aromatic N) is 3. The minimum absolute atomic E-state index is 0.109. The van der Waals surface area contributed by atoms with E-state index in [1.54, 1.807) is 12.1 Å². The van der Waals surface area contributed by atoms with Crippen molar-refractivity contribution in [2.45, 2.75) is 38.1 Å². The molecule has 1 saturated heterocycles. The van der Waals surface area contributed by atoms with Crippen LogP contribution < -0.4 is 0 Å². The SMILES string of the molecule is C[C@@H](CC(=O)N(CCN(C)C)C1CCN(C)CC1)c1ccccc1F. The minimum Gasteiger partial charge on any atom is -0.338 e. The smallest absolute Gasteiger partial charge is 0.223 e. The largest absolute Gasteiger partial charge is 0.338 e. The number of rotatable bonds is 7. The third-order valence-electron chi connectivity index (χ3n) is 5.15. The van der Waals surface area contributed by atoms with E-state index in [-0.39, 0.29) is 17.6 Å². The highest BCUT2D eigenvalue weighted by Crippen LogP contribution is 2.24. The van der Waals surface area contributed by atoms with Crippen LogP contribution in [0.25, 0.3) is 0 Å². The van der Waals surface area contributed by atoms with Gasteiger partial charge in [0.1, 0.15) is 5.82 Å². The quantitative estimate of drug-likeness (QED) is 0.757. The van der Waals surface area contributed by atoms with Gasteiger partial charge in [-0.25, -0.2) is 4.39 Å². The molecule has 1 aliphatic rings. The van der Waals surface area contributed by atoms with Crippen molar-refractivity contribution >= 4 is 5.91 Å². The monoisotopic (exact) mass is 349 g/mol. The molecule has 0 aliphatic carbocycles. The van der Waals surface area contributed by atoms with E-state index in [2.05, 4.69) is 16.8 Å². The van der Waals surface area contributed by atoms with Crippen molar-refractivity contribution in [3.05, 3.63) is 35.6 Å². The fraction of sp³-hybridized carbons (Fsp3) is 0.650. The van der Waals surface area contributed by atoms with E-state index in [1.807, 2.05) is 32.0 Å². The number of benzene rings is 1. The number of piperidine rings is 1. The van der Waals surface area contributed by atoms with Crippen LogP contribution in [0, 0.1) is 5.82 Å². The Bertz CT molecular complexity index is 556. The first-order valence-corrected chi connectivity index (χ1v) is 9.25. The number of likely N-dealkylation sites (N-methyl/N-ethyl adjacent to an activating group) is 1. The maximum Gasteiger partial charge on any atom is 0.223 e. The number of hydrogen-bond acceptors (Lipinski definition) is 3. The van der Waals surface area contributed by atoms with Gasteiger partial charge in [0.05, 0.1) is 0 Å². The Morgan fingerprint density at radius 3 is 2.48 bits per heavy atom. The molecule has 0 unspecified atom stereocenters. The van der Waals surface area contributed by atoms with Crippen molar-refractivity contribution in [2.24, 2.45) is 0 Å². The van der Waals surface area contributed by atoms with Gasteiger partial charge < -0.3 is 14.7 Å². The van der Waals surface area contributed by atoms with Gasteiger partial charge in [-0.05, 0) is 64.6 Å². The first-order chi connectivity index (χ1) is 11.9. The maximum absolute atomic E-state index is 14.0. The van der Waals surface area contributed by atoms with E-state index in [0.717, 1.165) is 39.0 Å². The van der Waals surface area contributed by atoms with Gasteiger partial charge in [0.2, 0.25) is 5.91 Å². The van der Waals surface area contributed by atoms with E-state index in [0.29, 0.717) is 18.0 Å². The molecule has 1 aliphatic heterocycles. The van der Waals surface area contributed by atoms with Gasteiger partial charge in [0.25, 0.3) is 0 Å². The molecule has 0 N–H and O–H groups in total. The molecule has 1 aromatic rings. The average Bonchev–Trinajstić information content (AvgIpc) is 2.56. The summed E-state index contributed by atoms with van der Waals surface area (Å²) in [5, 5.41) is 0. The fourth-order valence-electron chi connectivity index (χ4n) is 3.49. The summed E-state index contributed by atoms with van der Waals surface area (Å²) in [5.74, 6) is -0.184. The summed E-state index contributed by atoms with van der Waals surface area (Å²) in [7, 11) is 6.18. The van der Waals surface area contributed by atoms with Crippen LogP contribution in [0.5, 0.6) is 0 Å². The maximum atomic E-state index is 14.0. The van der Waals surface area contributed by atoms with Crippen molar-refractivity contribution in [3.8, 4) is 0 Å². The molecule has 5 heteroatoms. The van der Waals surface area contributed by atoms with Gasteiger partial charge >= 0.3 is 0 Å². The van der Waals surface area contributed by atoms with Crippen molar-refractivity contribution in [3.63, 3.8) is 0 Å². The molecular weight excluding hydrogens is 317 g/mol. The highest BCUT2D eigenvalue weighted by molar-refractivity contribution is 5.77. The topological polar surface area (TPSA) is 26.8 Å². The molecule has 2 rings (SSSR count). The molecule has 0 radical (unpaired) electrons. The molecule has 25 heavy (non-hydrogen) atoms. The average molecular weight is 349 g/mol. The Morgan fingerprint density at radius 2 is 1.88 bits per heavy atom. The van der Waals surface area contributed by atoms with Gasteiger partial charge in [-0.2, -0.15) is 0 Å². The van der Waals surface area contributed by atoms with Crippen LogP contribution in [-0.4, -0.2) is 74.0 Å². The van der Waals surface area contributed by atoms with E-state index in [4.69, 9.17) is 0 Å². The molecular formula is C20H32FN3O. The zero-order valence-electron chi connectivity index (χ0n) is 16.0. The first-order valence-electron chi connectivity index (χ1n) is 9.25. The van der Waals surface area contributed by atoms with Gasteiger partial charge in [-0.1, -0.05) is 25.1 Å². The van der Waals surface area contributed by atoms with Gasteiger partial charge in [-0.3, -0.25) is 4.79 Å². The Morgan fingerprint density at radius 1 is 1.24 bits per heavy atom. The predicted molar refractivity (Wildman–Crippen MR) is 100 cm³/mol. The molecule has 1 heterocycles. The second-order valence-electron chi connectivity index (χ2n) is 7.55. The second-order valence-corrected chi connectivity index (χ2v) is 7.55. The Kier molecular flexibility index (Phi) is 7.38. The van der Waals surface area contributed by atoms with Crippen LogP contribution in [0.4, 0.5) is 4.39 Å². The minimum atomic E-state index is -0.220. The van der Waals surface area contributed by atoms with E-state index in [1.165, 1.54) is 6.07 Å². The van der Waals surface area contributed by atoms with Crippen molar-refractivity contribution < 1.29 is 9.18 Å². The molecule has 4 nitrogen and oxygen atoms in total. The zero-order valence-corrected chi connectivity index (χ0v) is 16.0. The van der Waals surface area contributed by atoms with Crippen molar-refractivity contribution in [1.29, 1.82) is 0 Å². The molecule has 1 fully saturated rings. The molecule has 0 aromatic heterocycles. The van der Waals surface area contributed by atoms with Crippen molar-refractivity contribution in [2.75, 3.05) is 47.3 Å². The molecule has 1 amide bonds. The molecule has 0 saturated carbocycles. The highest BCUT2D eigenvalue weighted by atomic mass is 19.1. The summed E-state index contributed by atoms with van der Waals surface area (Å²) in [4.78, 5) is 19.5. The van der Waals surface area contributed by atoms with Crippen molar-refractivity contribution in [1.82, 2.24) is 14.7 Å². The summed E-state index contributed by atoms with van der Waals surface area (Å²) < 4.78 is 14.0. The highest BCUT2D eigenvalue weighted by Gasteiger charge is 2.28. The standard InChI is InChI=1S/C20H32FN3O/c1-16(18-7-5-6-8-19(18)21)15-20(25)24(14-13-22(2)3)17-9-11-23(4)12-10-17/h5-8,16-17H,9-15H2,1-4H3/t16-/m0/s1. The number of amides is 1. The lowest BCUT2D eigenvalue weighted by Crippen LogP contribution is -2.48. The summed E-state index contributed by atoms with van der Waals surface area (Å²) in [5.41, 5.74) is 0.631. The summed E-state index contributed by atoms with van der Waals surface area (Å²) in [6.07, 6.45) is 2.40. The van der Waals surface area contributed by atoms with E-state index in [9.17, 15) is 9.18 Å². The van der Waals surface area contributed by atoms with Crippen LogP contribution >= 0.6 is 0 Å². The Labute approximate surface area is 151 Å². The fourth-order valence-corrected chi connectivity index (χ4v) is 3.49. The summed E-state index contributed by atoms with van der Waals surface area (Å²) >= 11 is 0. The summed E-state index contributed by atoms with van der Waals surface area (Å²) in [6.45, 7) is 5.59. The number of halogens is 1. The molecule has 0 spiro atoms. The van der Waals surface area contributed by atoms with Crippen LogP contribution in [0.1, 0.15) is 37.7 Å². The Hall–Kier alpha value is -1.46. The molecule has 0 bridgehead atoms. The lowest BCUT2D eigenvalue weighted by molar-refractivity contribution is -0.135. The number of carbonyl (C=O) groups excluding carboxylic acids is 1. The molecule has 1 atom stereocenters. The zero-order chi connectivity index (χ0) is 18.4. The Balaban J connectivity index is 2.04. The third kappa shape index (κ3) is 5.79.